The molecule has 0 spiro atoms. The quantitative estimate of drug-likeness (QED) is 0.498. The molecule has 0 N–H and O–H groups in total. The van der Waals surface area contributed by atoms with E-state index >= 15 is 0 Å². The van der Waals surface area contributed by atoms with E-state index in [0.717, 1.165) is 18.2 Å². The van der Waals surface area contributed by atoms with Gasteiger partial charge in [0.1, 0.15) is 17.0 Å². The summed E-state index contributed by atoms with van der Waals surface area (Å²) in [6, 6.07) is 8.07. The van der Waals surface area contributed by atoms with Crippen LogP contribution >= 0.6 is 0 Å². The molecule has 0 unspecified atom stereocenters. The number of fused-ring (bicyclic) bond motifs is 3. The van der Waals surface area contributed by atoms with Crippen molar-refractivity contribution in [2.45, 2.75) is 45.8 Å². The number of carbonyl (C=O) groups excluding carboxylic acids is 1. The highest BCUT2D eigenvalue weighted by Gasteiger charge is 2.43. The number of methoxy groups -OCH3 is 1. The molecule has 3 heterocycles. The molecule has 1 aromatic carbocycles. The Balaban J connectivity index is 2.22. The number of rotatable bonds is 4. The zero-order valence-corrected chi connectivity index (χ0v) is 18.1. The van der Waals surface area contributed by atoms with Crippen LogP contribution in [-0.4, -0.2) is 22.6 Å². The van der Waals surface area contributed by atoms with E-state index in [1.807, 2.05) is 25.3 Å². The van der Waals surface area contributed by atoms with Gasteiger partial charge in [0.2, 0.25) is 0 Å². The van der Waals surface area contributed by atoms with Gasteiger partial charge >= 0.3 is 5.97 Å². The number of benzene rings is 1. The standard InChI is InChI=1S/C24H24F2N2O3/c1-6-28-20-15-11-12-27-13-17(15)31-23(2,3)19(20)18(21(28)22(29)30-5)14-9-7-8-10-16(14)24(4,25)26/h7-13H,6H2,1-5H3. The van der Waals surface area contributed by atoms with E-state index in [9.17, 15) is 13.6 Å². The monoisotopic (exact) mass is 426 g/mol. The Labute approximate surface area is 179 Å². The molecular weight excluding hydrogens is 402 g/mol. The molecule has 0 saturated heterocycles. The van der Waals surface area contributed by atoms with E-state index in [4.69, 9.17) is 9.47 Å². The van der Waals surface area contributed by atoms with Crippen molar-refractivity contribution < 1.29 is 23.0 Å². The molecule has 3 aromatic rings. The number of pyridine rings is 1. The summed E-state index contributed by atoms with van der Waals surface area (Å²) in [5, 5.41) is 0. The predicted molar refractivity (Wildman–Crippen MR) is 113 cm³/mol. The Hall–Kier alpha value is -3.22. The molecule has 1 aliphatic heterocycles. The molecule has 5 nitrogen and oxygen atoms in total. The molecule has 0 amide bonds. The van der Waals surface area contributed by atoms with Crippen molar-refractivity contribution in [3.63, 3.8) is 0 Å². The first-order valence-corrected chi connectivity index (χ1v) is 10.1. The molecule has 2 aromatic heterocycles. The maximum Gasteiger partial charge on any atom is 0.355 e. The van der Waals surface area contributed by atoms with E-state index in [0.29, 0.717) is 23.4 Å². The first kappa shape index (κ1) is 21.0. The van der Waals surface area contributed by atoms with Crippen LogP contribution in [-0.2, 0) is 22.8 Å². The molecule has 0 fully saturated rings. The van der Waals surface area contributed by atoms with E-state index in [-0.39, 0.29) is 16.8 Å². The second kappa shape index (κ2) is 7.18. The van der Waals surface area contributed by atoms with Gasteiger partial charge in [-0.15, -0.1) is 0 Å². The summed E-state index contributed by atoms with van der Waals surface area (Å²) in [7, 11) is 1.29. The third-order valence-electron chi connectivity index (χ3n) is 5.63. The number of esters is 1. The second-order valence-corrected chi connectivity index (χ2v) is 8.10. The molecule has 4 rings (SSSR count). The summed E-state index contributed by atoms with van der Waals surface area (Å²) in [6.07, 6.45) is 3.27. The first-order valence-electron chi connectivity index (χ1n) is 10.1. The van der Waals surface area contributed by atoms with Gasteiger partial charge in [0.05, 0.1) is 19.0 Å². The highest BCUT2D eigenvalue weighted by molar-refractivity contribution is 6.01. The second-order valence-electron chi connectivity index (χ2n) is 8.10. The lowest BCUT2D eigenvalue weighted by molar-refractivity contribution is 0.0180. The molecule has 0 radical (unpaired) electrons. The number of aromatic nitrogens is 2. The normalized spacial score (nSPS) is 14.4. The van der Waals surface area contributed by atoms with Gasteiger partial charge in [-0.2, -0.15) is 0 Å². The highest BCUT2D eigenvalue weighted by Crippen LogP contribution is 2.52. The van der Waals surface area contributed by atoms with Gasteiger partial charge in [-0.25, -0.2) is 13.6 Å². The summed E-state index contributed by atoms with van der Waals surface area (Å²) in [4.78, 5) is 17.2. The molecule has 0 aliphatic carbocycles. The maximum absolute atomic E-state index is 14.6. The number of hydrogen-bond donors (Lipinski definition) is 0. The van der Waals surface area contributed by atoms with Crippen LogP contribution in [0.15, 0.2) is 42.7 Å². The number of hydrogen-bond acceptors (Lipinski definition) is 4. The largest absolute Gasteiger partial charge is 0.481 e. The van der Waals surface area contributed by atoms with Crippen molar-refractivity contribution in [2.24, 2.45) is 0 Å². The SMILES string of the molecule is CCn1c(C(=O)OC)c(-c2ccccc2C(C)(F)F)c2c1-c1ccncc1OC2(C)C. The third kappa shape index (κ3) is 3.19. The molecule has 31 heavy (non-hydrogen) atoms. The molecule has 0 atom stereocenters. The van der Waals surface area contributed by atoms with Gasteiger partial charge in [-0.3, -0.25) is 4.98 Å². The topological polar surface area (TPSA) is 53.4 Å². The Morgan fingerprint density at radius 2 is 1.94 bits per heavy atom. The van der Waals surface area contributed by atoms with Crippen LogP contribution in [0.5, 0.6) is 5.75 Å². The minimum Gasteiger partial charge on any atom is -0.481 e. The first-order chi connectivity index (χ1) is 14.6. The van der Waals surface area contributed by atoms with E-state index < -0.39 is 17.5 Å². The van der Waals surface area contributed by atoms with Crippen LogP contribution in [0.1, 0.15) is 49.3 Å². The van der Waals surface area contributed by atoms with E-state index in [1.165, 1.54) is 13.2 Å². The Morgan fingerprint density at radius 3 is 2.58 bits per heavy atom. The summed E-state index contributed by atoms with van der Waals surface area (Å²) < 4.78 is 42.4. The van der Waals surface area contributed by atoms with Gasteiger partial charge in [0.15, 0.2) is 0 Å². The van der Waals surface area contributed by atoms with Gasteiger partial charge in [-0.1, -0.05) is 24.3 Å². The lowest BCUT2D eigenvalue weighted by Gasteiger charge is -2.34. The highest BCUT2D eigenvalue weighted by atomic mass is 19.3. The fourth-order valence-electron chi connectivity index (χ4n) is 4.44. The molecule has 162 valence electrons. The average Bonchev–Trinajstić information content (AvgIpc) is 3.08. The van der Waals surface area contributed by atoms with Crippen LogP contribution in [0.2, 0.25) is 0 Å². The summed E-state index contributed by atoms with van der Waals surface area (Å²) in [5.41, 5.74) is 2.04. The Bertz CT molecular complexity index is 1180. The van der Waals surface area contributed by atoms with Crippen molar-refractivity contribution in [1.29, 1.82) is 0 Å². The Morgan fingerprint density at radius 1 is 1.23 bits per heavy atom. The smallest absolute Gasteiger partial charge is 0.355 e. The van der Waals surface area contributed by atoms with E-state index in [1.54, 1.807) is 36.7 Å². The number of carbonyl (C=O) groups is 1. The van der Waals surface area contributed by atoms with Crippen LogP contribution in [0, 0.1) is 0 Å². The fraction of sp³-hybridized carbons (Fsp3) is 0.333. The molecule has 0 bridgehead atoms. The lowest BCUT2D eigenvalue weighted by atomic mass is 9.84. The lowest BCUT2D eigenvalue weighted by Crippen LogP contribution is -2.30. The number of alkyl halides is 2. The summed E-state index contributed by atoms with van der Waals surface area (Å²) >= 11 is 0. The number of ether oxygens (including phenoxy) is 2. The number of nitrogens with zero attached hydrogens (tertiary/aromatic N) is 2. The van der Waals surface area contributed by atoms with Gasteiger partial charge < -0.3 is 14.0 Å². The van der Waals surface area contributed by atoms with Crippen molar-refractivity contribution in [3.05, 3.63) is 59.5 Å². The summed E-state index contributed by atoms with van der Waals surface area (Å²) in [5.74, 6) is -3.12. The van der Waals surface area contributed by atoms with Crippen molar-refractivity contribution >= 4 is 5.97 Å². The van der Waals surface area contributed by atoms with Crippen LogP contribution in [0.25, 0.3) is 22.4 Å². The van der Waals surface area contributed by atoms with Gasteiger partial charge in [0, 0.05) is 41.9 Å². The van der Waals surface area contributed by atoms with Gasteiger partial charge in [0.25, 0.3) is 5.92 Å². The minimum atomic E-state index is -3.10. The van der Waals surface area contributed by atoms with Crippen molar-refractivity contribution in [3.8, 4) is 28.1 Å². The fourth-order valence-corrected chi connectivity index (χ4v) is 4.44. The summed E-state index contributed by atoms with van der Waals surface area (Å²) in [6.45, 7) is 6.92. The molecule has 0 saturated carbocycles. The average molecular weight is 426 g/mol. The zero-order chi connectivity index (χ0) is 22.6. The molecule has 1 aliphatic rings. The van der Waals surface area contributed by atoms with Crippen molar-refractivity contribution in [1.82, 2.24) is 9.55 Å². The maximum atomic E-state index is 14.6. The Kier molecular flexibility index (Phi) is 4.87. The van der Waals surface area contributed by atoms with Crippen molar-refractivity contribution in [2.75, 3.05) is 7.11 Å². The van der Waals surface area contributed by atoms with Crippen LogP contribution in [0.3, 0.4) is 0 Å². The number of halogens is 2. The van der Waals surface area contributed by atoms with E-state index in [2.05, 4.69) is 4.98 Å². The van der Waals surface area contributed by atoms with Crippen LogP contribution < -0.4 is 4.74 Å². The minimum absolute atomic E-state index is 0.160. The zero-order valence-electron chi connectivity index (χ0n) is 18.1. The molecule has 7 heteroatoms. The third-order valence-corrected chi connectivity index (χ3v) is 5.63. The molecular formula is C24H24F2N2O3. The van der Waals surface area contributed by atoms with Crippen LogP contribution in [0.4, 0.5) is 8.78 Å². The predicted octanol–water partition coefficient (Wildman–Crippen LogP) is 5.76. The van der Waals surface area contributed by atoms with Gasteiger partial charge in [-0.05, 0) is 32.4 Å².